The number of anilines is 1. The number of carbonyl (C=O) groups is 2. The number of benzene rings is 1. The maximum Gasteiger partial charge on any atom is 0.410 e. The van der Waals surface area contributed by atoms with E-state index in [1.54, 1.807) is 11.0 Å². The fraction of sp³-hybridized carbons (Fsp3) is 0.529. The molecule has 7 heteroatoms. The number of ether oxygens (including phenoxy) is 1. The molecule has 1 N–H and O–H groups in total. The fourth-order valence-electron chi connectivity index (χ4n) is 2.54. The third-order valence-electron chi connectivity index (χ3n) is 3.86. The van der Waals surface area contributed by atoms with Crippen molar-refractivity contribution in [1.29, 1.82) is 0 Å². The largest absolute Gasteiger partial charge is 0.478 e. The summed E-state index contributed by atoms with van der Waals surface area (Å²) in [6, 6.07) is 3.70. The van der Waals surface area contributed by atoms with Gasteiger partial charge in [-0.25, -0.2) is 9.59 Å². The van der Waals surface area contributed by atoms with Gasteiger partial charge in [-0.3, -0.25) is 0 Å². The minimum atomic E-state index is -0.917. The first-order valence-corrected chi connectivity index (χ1v) is 8.92. The van der Waals surface area contributed by atoms with E-state index in [-0.39, 0.29) is 6.09 Å². The van der Waals surface area contributed by atoms with E-state index in [1.807, 2.05) is 33.8 Å². The van der Waals surface area contributed by atoms with E-state index in [2.05, 4.69) is 27.5 Å². The summed E-state index contributed by atoms with van der Waals surface area (Å²) >= 11 is 2.16. The van der Waals surface area contributed by atoms with Gasteiger partial charge in [0, 0.05) is 35.4 Å². The Morgan fingerprint density at radius 2 is 1.75 bits per heavy atom. The molecule has 1 amide bonds. The molecule has 0 radical (unpaired) electrons. The number of piperazine rings is 1. The predicted molar refractivity (Wildman–Crippen MR) is 101 cm³/mol. The number of rotatable bonds is 2. The molecule has 1 fully saturated rings. The van der Waals surface area contributed by atoms with Crippen LogP contribution in [0.25, 0.3) is 0 Å². The summed E-state index contributed by atoms with van der Waals surface area (Å²) in [7, 11) is 0. The lowest BCUT2D eigenvalue weighted by Gasteiger charge is -2.37. The molecular formula is C17H23IN2O4. The number of hydrogen-bond acceptors (Lipinski definition) is 4. The first-order valence-electron chi connectivity index (χ1n) is 7.85. The SMILES string of the molecule is Cc1c(I)cc(N2CCN(C(=O)OC(C)(C)C)CC2)cc1C(=O)O. The van der Waals surface area contributed by atoms with Crippen molar-refractivity contribution in [1.82, 2.24) is 4.90 Å². The van der Waals surface area contributed by atoms with E-state index in [1.165, 1.54) is 0 Å². The van der Waals surface area contributed by atoms with Crippen LogP contribution < -0.4 is 4.90 Å². The Bertz CT molecular complexity index is 647. The van der Waals surface area contributed by atoms with Crippen LogP contribution >= 0.6 is 22.6 Å². The van der Waals surface area contributed by atoms with Gasteiger partial charge >= 0.3 is 12.1 Å². The number of carboxylic acids is 1. The van der Waals surface area contributed by atoms with Crippen LogP contribution in [0.4, 0.5) is 10.5 Å². The van der Waals surface area contributed by atoms with Crippen molar-refractivity contribution in [3.8, 4) is 0 Å². The highest BCUT2D eigenvalue weighted by Gasteiger charge is 2.26. The van der Waals surface area contributed by atoms with E-state index < -0.39 is 11.6 Å². The molecule has 1 saturated heterocycles. The Balaban J connectivity index is 2.07. The van der Waals surface area contributed by atoms with Crippen molar-refractivity contribution in [2.24, 2.45) is 0 Å². The monoisotopic (exact) mass is 446 g/mol. The van der Waals surface area contributed by atoms with E-state index in [0.29, 0.717) is 31.7 Å². The Kier molecular flexibility index (Phi) is 5.62. The number of aromatic carboxylic acids is 1. The Labute approximate surface area is 155 Å². The molecule has 0 atom stereocenters. The van der Waals surface area contributed by atoms with E-state index >= 15 is 0 Å². The molecule has 1 aliphatic rings. The Morgan fingerprint density at radius 1 is 1.17 bits per heavy atom. The summed E-state index contributed by atoms with van der Waals surface area (Å²) in [5.41, 5.74) is 1.48. The Morgan fingerprint density at radius 3 is 2.25 bits per heavy atom. The van der Waals surface area contributed by atoms with Crippen LogP contribution in [0.2, 0.25) is 0 Å². The first kappa shape index (κ1) is 18.8. The quantitative estimate of drug-likeness (QED) is 0.706. The molecule has 0 aromatic heterocycles. The second kappa shape index (κ2) is 7.16. The molecule has 1 aliphatic heterocycles. The highest BCUT2D eigenvalue weighted by Crippen LogP contribution is 2.26. The van der Waals surface area contributed by atoms with Crippen molar-refractivity contribution in [2.45, 2.75) is 33.3 Å². The van der Waals surface area contributed by atoms with Gasteiger partial charge in [0.15, 0.2) is 0 Å². The normalized spacial score (nSPS) is 15.4. The van der Waals surface area contributed by atoms with E-state index in [9.17, 15) is 14.7 Å². The number of amides is 1. The van der Waals surface area contributed by atoms with Crippen molar-refractivity contribution in [2.75, 3.05) is 31.1 Å². The maximum atomic E-state index is 12.1. The third kappa shape index (κ3) is 4.52. The van der Waals surface area contributed by atoms with Crippen molar-refractivity contribution in [3.63, 3.8) is 0 Å². The third-order valence-corrected chi connectivity index (χ3v) is 4.98. The summed E-state index contributed by atoms with van der Waals surface area (Å²) in [6.07, 6.45) is -0.299. The van der Waals surface area contributed by atoms with Gasteiger partial charge < -0.3 is 19.6 Å². The number of halogens is 1. The van der Waals surface area contributed by atoms with Gasteiger partial charge in [0.2, 0.25) is 0 Å². The average Bonchev–Trinajstić information content (AvgIpc) is 2.48. The number of carbonyl (C=O) groups excluding carboxylic acids is 1. The molecule has 0 aliphatic carbocycles. The summed E-state index contributed by atoms with van der Waals surface area (Å²) < 4.78 is 6.32. The van der Waals surface area contributed by atoms with Gasteiger partial charge in [0.1, 0.15) is 5.60 Å². The molecule has 6 nitrogen and oxygen atoms in total. The van der Waals surface area contributed by atoms with Crippen molar-refractivity contribution in [3.05, 3.63) is 26.8 Å². The second-order valence-corrected chi connectivity index (χ2v) is 8.02. The highest BCUT2D eigenvalue weighted by molar-refractivity contribution is 14.1. The van der Waals surface area contributed by atoms with Crippen LogP contribution in [0.5, 0.6) is 0 Å². The van der Waals surface area contributed by atoms with E-state index in [0.717, 1.165) is 14.8 Å². The zero-order valence-electron chi connectivity index (χ0n) is 14.4. The highest BCUT2D eigenvalue weighted by atomic mass is 127. The van der Waals surface area contributed by atoms with E-state index in [4.69, 9.17) is 4.74 Å². The van der Waals surface area contributed by atoms with Gasteiger partial charge in [0.05, 0.1) is 5.56 Å². The Hall–Kier alpha value is -1.51. The predicted octanol–water partition coefficient (Wildman–Crippen LogP) is 3.35. The van der Waals surface area contributed by atoms with Crippen LogP contribution in [0.15, 0.2) is 12.1 Å². The molecular weight excluding hydrogens is 423 g/mol. The molecule has 24 heavy (non-hydrogen) atoms. The number of nitrogens with zero attached hydrogens (tertiary/aromatic N) is 2. The van der Waals surface area contributed by atoms with Crippen LogP contribution in [0.1, 0.15) is 36.7 Å². The van der Waals surface area contributed by atoms with Gasteiger partial charge in [-0.15, -0.1) is 0 Å². The van der Waals surface area contributed by atoms with Crippen LogP contribution in [0, 0.1) is 10.5 Å². The molecule has 132 valence electrons. The zero-order chi connectivity index (χ0) is 18.1. The smallest absolute Gasteiger partial charge is 0.410 e. The second-order valence-electron chi connectivity index (χ2n) is 6.86. The maximum absolute atomic E-state index is 12.1. The lowest BCUT2D eigenvalue weighted by Crippen LogP contribution is -2.50. The van der Waals surface area contributed by atoms with Gasteiger partial charge in [0.25, 0.3) is 0 Å². The average molecular weight is 446 g/mol. The van der Waals surface area contributed by atoms with Gasteiger partial charge in [-0.05, 0) is 68.0 Å². The van der Waals surface area contributed by atoms with Crippen LogP contribution in [0.3, 0.4) is 0 Å². The lowest BCUT2D eigenvalue weighted by molar-refractivity contribution is 0.0240. The first-order chi connectivity index (χ1) is 11.1. The van der Waals surface area contributed by atoms with Gasteiger partial charge in [-0.1, -0.05) is 0 Å². The zero-order valence-corrected chi connectivity index (χ0v) is 16.6. The molecule has 0 bridgehead atoms. The summed E-state index contributed by atoms with van der Waals surface area (Å²) in [4.78, 5) is 27.3. The van der Waals surface area contributed by atoms with Crippen molar-refractivity contribution >= 4 is 40.3 Å². The van der Waals surface area contributed by atoms with Crippen LogP contribution in [-0.2, 0) is 4.74 Å². The standard InChI is InChI=1S/C17H23IN2O4/c1-11-13(15(21)22)9-12(10-14(11)18)19-5-7-20(8-6-19)16(23)24-17(2,3)4/h9-10H,5-8H2,1-4H3,(H,21,22). The molecule has 0 unspecified atom stereocenters. The lowest BCUT2D eigenvalue weighted by atomic mass is 10.1. The fourth-order valence-corrected chi connectivity index (χ4v) is 3.15. The molecule has 1 aromatic carbocycles. The molecule has 2 rings (SSSR count). The number of hydrogen-bond donors (Lipinski definition) is 1. The topological polar surface area (TPSA) is 70.1 Å². The van der Waals surface area contributed by atoms with Crippen molar-refractivity contribution < 1.29 is 19.4 Å². The number of carboxylic acid groups (broad SMARTS) is 1. The summed E-state index contributed by atoms with van der Waals surface area (Å²) in [5, 5.41) is 9.34. The van der Waals surface area contributed by atoms with Crippen LogP contribution in [-0.4, -0.2) is 53.8 Å². The minimum absolute atomic E-state index is 0.299. The minimum Gasteiger partial charge on any atom is -0.478 e. The van der Waals surface area contributed by atoms with Gasteiger partial charge in [-0.2, -0.15) is 0 Å². The molecule has 0 spiro atoms. The molecule has 1 heterocycles. The summed E-state index contributed by atoms with van der Waals surface area (Å²) in [5.74, 6) is -0.917. The molecule has 1 aromatic rings. The summed E-state index contributed by atoms with van der Waals surface area (Å²) in [6.45, 7) is 9.78. The molecule has 0 saturated carbocycles.